The van der Waals surface area contributed by atoms with Crippen LogP contribution in [0.15, 0.2) is 267 Å². The predicted octanol–water partition coefficient (Wildman–Crippen LogP) is 16.0. The van der Waals surface area contributed by atoms with E-state index in [-0.39, 0.29) is 0 Å². The van der Waals surface area contributed by atoms with Crippen LogP contribution in [0.25, 0.3) is 49.7 Å². The minimum Gasteiger partial charge on any atom is -0.310 e. The van der Waals surface area contributed by atoms with Crippen LogP contribution in [-0.4, -0.2) is 4.57 Å². The number of hydrogen-bond acceptors (Lipinski definition) is 1. The van der Waals surface area contributed by atoms with Crippen LogP contribution in [0.4, 0.5) is 17.1 Å². The van der Waals surface area contributed by atoms with Gasteiger partial charge in [-0.2, -0.15) is 0 Å². The normalized spacial score (nSPS) is 11.5. The first-order valence-corrected chi connectivity index (χ1v) is 21.7. The van der Waals surface area contributed by atoms with Gasteiger partial charge >= 0.3 is 0 Å². The third-order valence-corrected chi connectivity index (χ3v) is 12.5. The van der Waals surface area contributed by atoms with E-state index in [9.17, 15) is 0 Å². The highest BCUT2D eigenvalue weighted by molar-refractivity contribution is 6.10. The van der Waals surface area contributed by atoms with Crippen molar-refractivity contribution in [2.75, 3.05) is 4.90 Å². The summed E-state index contributed by atoms with van der Waals surface area (Å²) in [4.78, 5) is 2.39. The standard InChI is InChI=1S/C61H44N2/c1-6-19-45(20-7-1)48-21-18-30-55(43-48)62(56-41-42-58-57-31-16-17-32-59(57)63(60(58)44-56)53-28-14-5-15-29-53)54-39-35-47(36-40-54)46-33-37-52(38-34-46)61(49-22-8-2-9-23-49,50-24-10-3-11-25-50)51-26-12-4-13-27-51/h1-44H. The van der Waals surface area contributed by atoms with Gasteiger partial charge in [0.25, 0.3) is 0 Å². The molecule has 0 fully saturated rings. The van der Waals surface area contributed by atoms with Gasteiger partial charge in [0, 0.05) is 33.5 Å². The molecule has 0 saturated heterocycles. The first-order chi connectivity index (χ1) is 31.3. The number of anilines is 3. The molecule has 10 aromatic carbocycles. The van der Waals surface area contributed by atoms with Crippen molar-refractivity contribution in [2.45, 2.75) is 5.41 Å². The molecule has 1 heterocycles. The molecule has 11 rings (SSSR count). The zero-order valence-corrected chi connectivity index (χ0v) is 34.8. The molecule has 0 aliphatic rings. The van der Waals surface area contributed by atoms with Crippen molar-refractivity contribution in [3.63, 3.8) is 0 Å². The Hall–Kier alpha value is -8.20. The van der Waals surface area contributed by atoms with Crippen LogP contribution in [0.3, 0.4) is 0 Å². The van der Waals surface area contributed by atoms with Crippen molar-refractivity contribution < 1.29 is 0 Å². The lowest BCUT2D eigenvalue weighted by atomic mass is 9.65. The van der Waals surface area contributed by atoms with Crippen molar-refractivity contribution in [3.05, 3.63) is 289 Å². The fourth-order valence-electron chi connectivity index (χ4n) is 9.64. The molecular formula is C61H44N2. The molecule has 0 amide bonds. The number of nitrogens with zero attached hydrogens (tertiary/aromatic N) is 2. The van der Waals surface area contributed by atoms with Crippen molar-refractivity contribution in [1.29, 1.82) is 0 Å². The Morgan fingerprint density at radius 2 is 0.698 bits per heavy atom. The SMILES string of the molecule is c1ccc(-c2cccc(N(c3ccc(-c4ccc(C(c5ccccc5)(c5ccccc5)c5ccccc5)cc4)cc3)c3ccc4c5ccccc5n(-c5ccccc5)c4c3)c2)cc1. The number of rotatable bonds is 10. The third kappa shape index (κ3) is 6.79. The van der Waals surface area contributed by atoms with Gasteiger partial charge in [0.05, 0.1) is 16.4 Å². The quantitative estimate of drug-likeness (QED) is 0.125. The number of para-hydroxylation sites is 2. The smallest absolute Gasteiger partial charge is 0.0701 e. The lowest BCUT2D eigenvalue weighted by Crippen LogP contribution is -2.30. The van der Waals surface area contributed by atoms with Gasteiger partial charge in [0.15, 0.2) is 0 Å². The summed E-state index contributed by atoms with van der Waals surface area (Å²) in [6.07, 6.45) is 0. The van der Waals surface area contributed by atoms with Crippen LogP contribution in [0, 0.1) is 0 Å². The van der Waals surface area contributed by atoms with Crippen molar-refractivity contribution in [2.24, 2.45) is 0 Å². The van der Waals surface area contributed by atoms with E-state index in [0.717, 1.165) is 28.3 Å². The average molecular weight is 805 g/mol. The molecule has 0 saturated carbocycles. The van der Waals surface area contributed by atoms with E-state index >= 15 is 0 Å². The Balaban J connectivity index is 1.03. The van der Waals surface area contributed by atoms with E-state index in [2.05, 4.69) is 276 Å². The Labute approximate surface area is 369 Å². The van der Waals surface area contributed by atoms with Crippen LogP contribution in [-0.2, 0) is 5.41 Å². The van der Waals surface area contributed by atoms with Crippen LogP contribution < -0.4 is 4.90 Å². The maximum Gasteiger partial charge on any atom is 0.0701 e. The van der Waals surface area contributed by atoms with Gasteiger partial charge in [0.1, 0.15) is 0 Å². The number of benzene rings is 10. The van der Waals surface area contributed by atoms with Gasteiger partial charge in [-0.15, -0.1) is 0 Å². The van der Waals surface area contributed by atoms with E-state index < -0.39 is 5.41 Å². The monoisotopic (exact) mass is 804 g/mol. The van der Waals surface area contributed by atoms with Gasteiger partial charge in [-0.3, -0.25) is 0 Å². The molecule has 2 nitrogen and oxygen atoms in total. The highest BCUT2D eigenvalue weighted by Crippen LogP contribution is 2.46. The second-order valence-corrected chi connectivity index (χ2v) is 16.1. The molecule has 0 unspecified atom stereocenters. The van der Waals surface area contributed by atoms with Crippen LogP contribution >= 0.6 is 0 Å². The Morgan fingerprint density at radius 3 is 1.30 bits per heavy atom. The topological polar surface area (TPSA) is 8.17 Å². The van der Waals surface area contributed by atoms with Crippen molar-refractivity contribution >= 4 is 38.9 Å². The third-order valence-electron chi connectivity index (χ3n) is 12.5. The molecule has 0 spiro atoms. The van der Waals surface area contributed by atoms with E-state index in [0.29, 0.717) is 0 Å². The second kappa shape index (κ2) is 16.3. The number of aromatic nitrogens is 1. The summed E-state index contributed by atoms with van der Waals surface area (Å²) in [6.45, 7) is 0. The lowest BCUT2D eigenvalue weighted by molar-refractivity contribution is 0.745. The molecule has 1 aromatic heterocycles. The van der Waals surface area contributed by atoms with Crippen LogP contribution in [0.5, 0.6) is 0 Å². The van der Waals surface area contributed by atoms with Gasteiger partial charge in [-0.05, 0) is 99.1 Å². The van der Waals surface area contributed by atoms with Gasteiger partial charge < -0.3 is 9.47 Å². The summed E-state index contributed by atoms with van der Waals surface area (Å²) >= 11 is 0. The average Bonchev–Trinajstić information content (AvgIpc) is 3.70. The minimum atomic E-state index is -0.492. The molecule has 0 bridgehead atoms. The van der Waals surface area contributed by atoms with Gasteiger partial charge in [-0.1, -0.05) is 212 Å². The molecule has 0 atom stereocenters. The Kier molecular flexibility index (Phi) is 9.80. The lowest BCUT2D eigenvalue weighted by Gasteiger charge is -2.37. The van der Waals surface area contributed by atoms with Gasteiger partial charge in [0.2, 0.25) is 0 Å². The second-order valence-electron chi connectivity index (χ2n) is 16.1. The molecule has 0 N–H and O–H groups in total. The molecule has 0 aliphatic carbocycles. The summed E-state index contributed by atoms with van der Waals surface area (Å²) in [7, 11) is 0. The van der Waals surface area contributed by atoms with Crippen LogP contribution in [0.2, 0.25) is 0 Å². The van der Waals surface area contributed by atoms with Crippen LogP contribution in [0.1, 0.15) is 22.3 Å². The van der Waals surface area contributed by atoms with E-state index in [1.807, 2.05) is 0 Å². The zero-order valence-electron chi connectivity index (χ0n) is 34.8. The van der Waals surface area contributed by atoms with E-state index in [1.165, 1.54) is 60.8 Å². The molecular weight excluding hydrogens is 761 g/mol. The van der Waals surface area contributed by atoms with Crippen molar-refractivity contribution in [1.82, 2.24) is 4.57 Å². The first kappa shape index (κ1) is 37.8. The minimum absolute atomic E-state index is 0.492. The fraction of sp³-hybridized carbons (Fsp3) is 0.0164. The molecule has 0 aliphatic heterocycles. The fourth-order valence-corrected chi connectivity index (χ4v) is 9.64. The highest BCUT2D eigenvalue weighted by atomic mass is 15.1. The summed E-state index contributed by atoms with van der Waals surface area (Å²) in [5.74, 6) is 0. The highest BCUT2D eigenvalue weighted by Gasteiger charge is 2.38. The molecule has 2 heteroatoms. The predicted molar refractivity (Wildman–Crippen MR) is 265 cm³/mol. The Morgan fingerprint density at radius 1 is 0.270 bits per heavy atom. The molecule has 63 heavy (non-hydrogen) atoms. The molecule has 11 aromatic rings. The maximum atomic E-state index is 2.39. The summed E-state index contributed by atoms with van der Waals surface area (Å²) < 4.78 is 2.39. The number of hydrogen-bond donors (Lipinski definition) is 0. The molecule has 0 radical (unpaired) electrons. The Bertz CT molecular complexity index is 3190. The van der Waals surface area contributed by atoms with E-state index in [4.69, 9.17) is 0 Å². The zero-order chi connectivity index (χ0) is 42.0. The summed E-state index contributed by atoms with van der Waals surface area (Å²) in [5, 5.41) is 2.47. The summed E-state index contributed by atoms with van der Waals surface area (Å²) in [5.41, 5.74) is 15.9. The van der Waals surface area contributed by atoms with E-state index in [1.54, 1.807) is 0 Å². The maximum absolute atomic E-state index is 2.39. The number of fused-ring (bicyclic) bond motifs is 3. The van der Waals surface area contributed by atoms with Crippen molar-refractivity contribution in [3.8, 4) is 27.9 Å². The molecule has 298 valence electrons. The largest absolute Gasteiger partial charge is 0.310 e. The van der Waals surface area contributed by atoms with Gasteiger partial charge in [-0.25, -0.2) is 0 Å². The summed E-state index contributed by atoms with van der Waals surface area (Å²) in [6, 6.07) is 96.8. The first-order valence-electron chi connectivity index (χ1n) is 21.7.